The lowest BCUT2D eigenvalue weighted by Gasteiger charge is -2.07. The molecule has 0 saturated heterocycles. The van der Waals surface area contributed by atoms with Crippen LogP contribution >= 0.6 is 11.3 Å². The number of carbonyl (C=O) groups excluding carboxylic acids is 2. The fourth-order valence-corrected chi connectivity index (χ4v) is 2.67. The number of hydrogen-bond donors (Lipinski definition) is 3. The summed E-state index contributed by atoms with van der Waals surface area (Å²) in [4.78, 5) is 27.9. The summed E-state index contributed by atoms with van der Waals surface area (Å²) >= 11 is 1.29. The van der Waals surface area contributed by atoms with E-state index in [1.54, 1.807) is 5.38 Å². The van der Waals surface area contributed by atoms with Crippen molar-refractivity contribution in [2.24, 2.45) is 0 Å². The lowest BCUT2D eigenvalue weighted by Crippen LogP contribution is -2.31. The molecule has 122 valence electrons. The Labute approximate surface area is 139 Å². The van der Waals surface area contributed by atoms with Gasteiger partial charge in [-0.25, -0.2) is 9.78 Å². The molecule has 0 spiro atoms. The summed E-state index contributed by atoms with van der Waals surface area (Å²) in [6.07, 6.45) is 0.204. The Balaban J connectivity index is 1.88. The van der Waals surface area contributed by atoms with Gasteiger partial charge in [-0.2, -0.15) is 0 Å². The molecule has 1 aromatic carbocycles. The Morgan fingerprint density at radius 2 is 2.04 bits per heavy atom. The van der Waals surface area contributed by atoms with Crippen LogP contribution in [0.15, 0.2) is 29.6 Å². The van der Waals surface area contributed by atoms with Gasteiger partial charge in [0.05, 0.1) is 12.1 Å². The first kappa shape index (κ1) is 17.0. The molecule has 3 amide bonds. The average molecular weight is 332 g/mol. The summed E-state index contributed by atoms with van der Waals surface area (Å²) in [6, 6.07) is 7.26. The first-order valence-electron chi connectivity index (χ1n) is 7.31. The molecule has 7 heteroatoms. The first-order chi connectivity index (χ1) is 10.9. The molecular weight excluding hydrogens is 312 g/mol. The summed E-state index contributed by atoms with van der Waals surface area (Å²) < 4.78 is 0. The van der Waals surface area contributed by atoms with Crippen molar-refractivity contribution in [3.63, 3.8) is 0 Å². The molecule has 1 heterocycles. The number of benzene rings is 1. The van der Waals surface area contributed by atoms with Crippen LogP contribution in [0.5, 0.6) is 0 Å². The molecular formula is C16H20N4O2S. The molecule has 0 aliphatic heterocycles. The third kappa shape index (κ3) is 5.71. The molecule has 0 bridgehead atoms. The quantitative estimate of drug-likeness (QED) is 0.786. The van der Waals surface area contributed by atoms with Crippen LogP contribution in [-0.2, 0) is 11.2 Å². The minimum absolute atomic E-state index is 0.0823. The highest BCUT2D eigenvalue weighted by atomic mass is 32.1. The van der Waals surface area contributed by atoms with E-state index in [0.29, 0.717) is 10.8 Å². The van der Waals surface area contributed by atoms with Crippen molar-refractivity contribution < 1.29 is 9.59 Å². The number of urea groups is 1. The summed E-state index contributed by atoms with van der Waals surface area (Å²) in [5, 5.41) is 10.4. The van der Waals surface area contributed by atoms with Crippen molar-refractivity contribution in [3.05, 3.63) is 40.9 Å². The van der Waals surface area contributed by atoms with Gasteiger partial charge < -0.3 is 10.6 Å². The van der Waals surface area contributed by atoms with Gasteiger partial charge in [0.15, 0.2) is 5.13 Å². The lowest BCUT2D eigenvalue weighted by atomic mass is 10.2. The standard InChI is InChI=1S/C16H20N4O2S/c1-10(2)17-14(21)8-13-9-23-16(19-13)20-15(22)18-12-6-4-5-11(3)7-12/h4-7,9-10H,8H2,1-3H3,(H,17,21)(H2,18,19,20,22). The molecule has 2 aromatic rings. The molecule has 0 radical (unpaired) electrons. The number of nitrogens with zero attached hydrogens (tertiary/aromatic N) is 1. The Kier molecular flexibility index (Phi) is 5.70. The van der Waals surface area contributed by atoms with Crippen molar-refractivity contribution in [2.45, 2.75) is 33.2 Å². The number of carbonyl (C=O) groups is 2. The maximum absolute atomic E-state index is 11.9. The number of rotatable bonds is 5. The van der Waals surface area contributed by atoms with Gasteiger partial charge >= 0.3 is 6.03 Å². The van der Waals surface area contributed by atoms with E-state index in [0.717, 1.165) is 11.3 Å². The molecule has 0 saturated carbocycles. The molecule has 0 unspecified atom stereocenters. The number of thiazole rings is 1. The van der Waals surface area contributed by atoms with Gasteiger partial charge in [0.1, 0.15) is 0 Å². The van der Waals surface area contributed by atoms with E-state index in [1.165, 1.54) is 11.3 Å². The van der Waals surface area contributed by atoms with Crippen LogP contribution in [-0.4, -0.2) is 23.0 Å². The topological polar surface area (TPSA) is 83.1 Å². The Bertz CT molecular complexity index is 697. The molecule has 23 heavy (non-hydrogen) atoms. The second-order valence-electron chi connectivity index (χ2n) is 5.49. The Hall–Kier alpha value is -2.41. The van der Waals surface area contributed by atoms with Gasteiger partial charge in [-0.1, -0.05) is 12.1 Å². The van der Waals surface area contributed by atoms with Crippen molar-refractivity contribution in [2.75, 3.05) is 10.6 Å². The van der Waals surface area contributed by atoms with Crippen LogP contribution in [0.4, 0.5) is 15.6 Å². The fraction of sp³-hybridized carbons (Fsp3) is 0.312. The van der Waals surface area contributed by atoms with Gasteiger partial charge in [-0.15, -0.1) is 11.3 Å². The number of hydrogen-bond acceptors (Lipinski definition) is 4. The second-order valence-corrected chi connectivity index (χ2v) is 6.35. The normalized spacial score (nSPS) is 10.4. The van der Waals surface area contributed by atoms with E-state index in [9.17, 15) is 9.59 Å². The zero-order valence-electron chi connectivity index (χ0n) is 13.3. The van der Waals surface area contributed by atoms with Crippen LogP contribution in [0.3, 0.4) is 0 Å². The smallest absolute Gasteiger partial charge is 0.325 e. The summed E-state index contributed by atoms with van der Waals surface area (Å²) in [5.41, 5.74) is 2.42. The number of aromatic nitrogens is 1. The molecule has 3 N–H and O–H groups in total. The average Bonchev–Trinajstić information content (AvgIpc) is 2.84. The predicted molar refractivity (Wildman–Crippen MR) is 92.9 cm³/mol. The minimum atomic E-state index is -0.358. The van der Waals surface area contributed by atoms with Gasteiger partial charge in [-0.3, -0.25) is 10.1 Å². The SMILES string of the molecule is Cc1cccc(NC(=O)Nc2nc(CC(=O)NC(C)C)cs2)c1. The van der Waals surface area contributed by atoms with Crippen LogP contribution in [0, 0.1) is 6.92 Å². The second kappa shape index (κ2) is 7.73. The number of anilines is 2. The highest BCUT2D eigenvalue weighted by Crippen LogP contribution is 2.17. The van der Waals surface area contributed by atoms with Gasteiger partial charge in [0, 0.05) is 17.1 Å². The first-order valence-corrected chi connectivity index (χ1v) is 8.19. The van der Waals surface area contributed by atoms with Gasteiger partial charge in [0.25, 0.3) is 0 Å². The van der Waals surface area contributed by atoms with Crippen molar-refractivity contribution >= 4 is 34.1 Å². The van der Waals surface area contributed by atoms with Crippen LogP contribution in [0.2, 0.25) is 0 Å². The molecule has 0 aliphatic rings. The summed E-state index contributed by atoms with van der Waals surface area (Å²) in [5.74, 6) is -0.0823. The maximum atomic E-state index is 11.9. The Morgan fingerprint density at radius 3 is 2.74 bits per heavy atom. The number of aryl methyl sites for hydroxylation is 1. The summed E-state index contributed by atoms with van der Waals surface area (Å²) in [6.45, 7) is 5.77. The zero-order chi connectivity index (χ0) is 16.8. The van der Waals surface area contributed by atoms with Crippen molar-refractivity contribution in [3.8, 4) is 0 Å². The monoisotopic (exact) mass is 332 g/mol. The number of amides is 3. The molecule has 6 nitrogen and oxygen atoms in total. The molecule has 2 rings (SSSR count). The summed E-state index contributed by atoms with van der Waals surface area (Å²) in [7, 11) is 0. The predicted octanol–water partition coefficient (Wildman–Crippen LogP) is 3.16. The highest BCUT2D eigenvalue weighted by molar-refractivity contribution is 7.13. The third-order valence-corrected chi connectivity index (χ3v) is 3.65. The minimum Gasteiger partial charge on any atom is -0.354 e. The largest absolute Gasteiger partial charge is 0.354 e. The third-order valence-electron chi connectivity index (χ3n) is 2.84. The van der Waals surface area contributed by atoms with Crippen LogP contribution in [0.25, 0.3) is 0 Å². The van der Waals surface area contributed by atoms with Gasteiger partial charge in [0.2, 0.25) is 5.91 Å². The molecule has 0 atom stereocenters. The van der Waals surface area contributed by atoms with E-state index in [4.69, 9.17) is 0 Å². The van der Waals surface area contributed by atoms with Crippen LogP contribution < -0.4 is 16.0 Å². The van der Waals surface area contributed by atoms with E-state index in [-0.39, 0.29) is 24.4 Å². The lowest BCUT2D eigenvalue weighted by molar-refractivity contribution is -0.120. The van der Waals surface area contributed by atoms with E-state index >= 15 is 0 Å². The van der Waals surface area contributed by atoms with E-state index in [1.807, 2.05) is 45.0 Å². The van der Waals surface area contributed by atoms with Crippen LogP contribution in [0.1, 0.15) is 25.1 Å². The van der Waals surface area contributed by atoms with E-state index in [2.05, 4.69) is 20.9 Å². The molecule has 0 fully saturated rings. The van der Waals surface area contributed by atoms with Gasteiger partial charge in [-0.05, 0) is 38.5 Å². The molecule has 1 aromatic heterocycles. The number of nitrogens with one attached hydrogen (secondary N) is 3. The zero-order valence-corrected chi connectivity index (χ0v) is 14.2. The van der Waals surface area contributed by atoms with Crippen molar-refractivity contribution in [1.82, 2.24) is 10.3 Å². The highest BCUT2D eigenvalue weighted by Gasteiger charge is 2.10. The molecule has 0 aliphatic carbocycles. The van der Waals surface area contributed by atoms with Crippen molar-refractivity contribution in [1.29, 1.82) is 0 Å². The fourth-order valence-electron chi connectivity index (χ4n) is 1.97. The van der Waals surface area contributed by atoms with E-state index < -0.39 is 0 Å². The maximum Gasteiger partial charge on any atom is 0.325 e. The Morgan fingerprint density at radius 1 is 1.26 bits per heavy atom.